The maximum absolute atomic E-state index is 12.6. The van der Waals surface area contributed by atoms with Crippen LogP contribution in [0.3, 0.4) is 0 Å². The highest BCUT2D eigenvalue weighted by molar-refractivity contribution is 6.00. The molecule has 0 saturated carbocycles. The number of nitrogens with one attached hydrogen (secondary N) is 3. The van der Waals surface area contributed by atoms with Crippen LogP contribution in [0.25, 0.3) is 33.3 Å². The summed E-state index contributed by atoms with van der Waals surface area (Å²) in [7, 11) is 0. The molecule has 5 rings (SSSR count). The summed E-state index contributed by atoms with van der Waals surface area (Å²) in [4.78, 5) is 35.1. The van der Waals surface area contributed by atoms with Crippen molar-refractivity contribution >= 4 is 39.4 Å². The SMILES string of the molecule is Nc1c(-c2nc3ccccc3[nH]c2=O)[nH]c2ccc(COC(=O)Nc3ccccc3)cc12. The molecule has 8 heteroatoms. The van der Waals surface area contributed by atoms with E-state index in [0.717, 1.165) is 16.5 Å². The molecule has 158 valence electrons. The normalized spacial score (nSPS) is 11.0. The van der Waals surface area contributed by atoms with Gasteiger partial charge in [-0.25, -0.2) is 9.78 Å². The molecule has 0 atom stereocenters. The average molecular weight is 425 g/mol. The summed E-state index contributed by atoms with van der Waals surface area (Å²) in [6.45, 7) is 0.0728. The Balaban J connectivity index is 1.41. The molecule has 0 fully saturated rings. The van der Waals surface area contributed by atoms with Crippen LogP contribution in [0.15, 0.2) is 77.6 Å². The van der Waals surface area contributed by atoms with Gasteiger partial charge in [0.1, 0.15) is 6.61 Å². The van der Waals surface area contributed by atoms with Crippen LogP contribution in [-0.2, 0) is 11.3 Å². The summed E-state index contributed by atoms with van der Waals surface area (Å²) >= 11 is 0. The third-order valence-corrected chi connectivity index (χ3v) is 5.13. The van der Waals surface area contributed by atoms with Gasteiger partial charge < -0.3 is 20.4 Å². The molecule has 0 spiro atoms. The minimum Gasteiger partial charge on any atom is -0.444 e. The predicted octanol–water partition coefficient (Wildman–Crippen LogP) is 4.40. The number of benzene rings is 3. The smallest absolute Gasteiger partial charge is 0.411 e. The molecule has 0 aliphatic heterocycles. The minimum absolute atomic E-state index is 0.0728. The number of ether oxygens (including phenoxy) is 1. The summed E-state index contributed by atoms with van der Waals surface area (Å²) in [5.74, 6) is 0. The topological polar surface area (TPSA) is 126 Å². The van der Waals surface area contributed by atoms with E-state index >= 15 is 0 Å². The Morgan fingerprint density at radius 2 is 1.75 bits per heavy atom. The standard InChI is InChI=1S/C24H19N5O3/c25-20-16-12-14(13-32-24(31)26-15-6-2-1-3-7-15)10-11-17(16)27-21(20)22-23(30)29-19-9-5-4-8-18(19)28-22/h1-12,27H,13,25H2,(H,26,31)(H,29,30). The molecule has 0 unspecified atom stereocenters. The van der Waals surface area contributed by atoms with Crippen molar-refractivity contribution < 1.29 is 9.53 Å². The lowest BCUT2D eigenvalue weighted by atomic mass is 10.1. The lowest BCUT2D eigenvalue weighted by Gasteiger charge is -2.07. The fourth-order valence-electron chi connectivity index (χ4n) is 3.56. The molecule has 5 aromatic rings. The van der Waals surface area contributed by atoms with E-state index in [1.54, 1.807) is 18.2 Å². The molecule has 2 aromatic heterocycles. The van der Waals surface area contributed by atoms with E-state index in [9.17, 15) is 9.59 Å². The van der Waals surface area contributed by atoms with Crippen molar-refractivity contribution in [2.45, 2.75) is 6.61 Å². The number of H-pyrrole nitrogens is 2. The number of aromatic nitrogens is 3. The number of nitrogen functional groups attached to an aromatic ring is 1. The Morgan fingerprint density at radius 1 is 0.969 bits per heavy atom. The fourth-order valence-corrected chi connectivity index (χ4v) is 3.56. The van der Waals surface area contributed by atoms with Crippen molar-refractivity contribution in [3.63, 3.8) is 0 Å². The second kappa shape index (κ2) is 7.92. The predicted molar refractivity (Wildman–Crippen MR) is 124 cm³/mol. The zero-order valence-electron chi connectivity index (χ0n) is 16.9. The lowest BCUT2D eigenvalue weighted by Crippen LogP contribution is -2.13. The molecule has 3 aromatic carbocycles. The van der Waals surface area contributed by atoms with Gasteiger partial charge in [-0.2, -0.15) is 0 Å². The molecule has 0 aliphatic rings. The number of hydrogen-bond acceptors (Lipinski definition) is 5. The largest absolute Gasteiger partial charge is 0.444 e. The van der Waals surface area contributed by atoms with Gasteiger partial charge in [-0.3, -0.25) is 10.1 Å². The molecule has 5 N–H and O–H groups in total. The third-order valence-electron chi connectivity index (χ3n) is 5.13. The van der Waals surface area contributed by atoms with Gasteiger partial charge in [-0.05, 0) is 42.0 Å². The van der Waals surface area contributed by atoms with Crippen LogP contribution >= 0.6 is 0 Å². The molecule has 1 amide bonds. The highest BCUT2D eigenvalue weighted by Gasteiger charge is 2.16. The van der Waals surface area contributed by atoms with E-state index in [1.807, 2.05) is 54.6 Å². The molecular weight excluding hydrogens is 406 g/mol. The van der Waals surface area contributed by atoms with Gasteiger partial charge in [0.2, 0.25) is 0 Å². The molecule has 0 bridgehead atoms. The van der Waals surface area contributed by atoms with Crippen LogP contribution in [0.1, 0.15) is 5.56 Å². The summed E-state index contributed by atoms with van der Waals surface area (Å²) in [6, 6.07) is 21.9. The van der Waals surface area contributed by atoms with E-state index < -0.39 is 6.09 Å². The van der Waals surface area contributed by atoms with Gasteiger partial charge in [-0.1, -0.05) is 36.4 Å². The van der Waals surface area contributed by atoms with Crippen molar-refractivity contribution in [1.29, 1.82) is 0 Å². The number of para-hydroxylation sites is 3. The fraction of sp³-hybridized carbons (Fsp3) is 0.0417. The zero-order chi connectivity index (χ0) is 22.1. The number of aromatic amines is 2. The first-order chi connectivity index (χ1) is 15.6. The highest BCUT2D eigenvalue weighted by Crippen LogP contribution is 2.31. The van der Waals surface area contributed by atoms with Crippen LogP contribution in [0.2, 0.25) is 0 Å². The first-order valence-electron chi connectivity index (χ1n) is 9.97. The van der Waals surface area contributed by atoms with Gasteiger partial charge in [-0.15, -0.1) is 0 Å². The van der Waals surface area contributed by atoms with Crippen LogP contribution in [0.5, 0.6) is 0 Å². The second-order valence-electron chi connectivity index (χ2n) is 7.29. The first kappa shape index (κ1) is 19.4. The summed E-state index contributed by atoms with van der Waals surface area (Å²) in [5.41, 5.74) is 10.6. The van der Waals surface area contributed by atoms with Gasteiger partial charge in [0.25, 0.3) is 5.56 Å². The van der Waals surface area contributed by atoms with Crippen molar-refractivity contribution in [2.75, 3.05) is 11.1 Å². The average Bonchev–Trinajstić information content (AvgIpc) is 3.13. The second-order valence-corrected chi connectivity index (χ2v) is 7.29. The Hall–Kier alpha value is -4.59. The number of amides is 1. The van der Waals surface area contributed by atoms with Crippen molar-refractivity contribution in [1.82, 2.24) is 15.0 Å². The van der Waals surface area contributed by atoms with E-state index in [-0.39, 0.29) is 17.9 Å². The molecule has 0 aliphatic carbocycles. The Labute approximate surface area is 182 Å². The van der Waals surface area contributed by atoms with Crippen molar-refractivity contribution in [3.8, 4) is 11.4 Å². The number of fused-ring (bicyclic) bond motifs is 2. The van der Waals surface area contributed by atoms with Crippen molar-refractivity contribution in [3.05, 3.63) is 88.7 Å². The van der Waals surface area contributed by atoms with E-state index in [1.165, 1.54) is 0 Å². The van der Waals surface area contributed by atoms with Gasteiger partial charge in [0.05, 0.1) is 22.4 Å². The molecule has 0 saturated heterocycles. The molecule has 2 heterocycles. The monoisotopic (exact) mass is 425 g/mol. The number of hydrogen-bond donors (Lipinski definition) is 4. The molecule has 0 radical (unpaired) electrons. The molecular formula is C24H19N5O3. The zero-order valence-corrected chi connectivity index (χ0v) is 16.9. The van der Waals surface area contributed by atoms with Crippen LogP contribution in [-0.4, -0.2) is 21.0 Å². The Morgan fingerprint density at radius 3 is 2.59 bits per heavy atom. The maximum Gasteiger partial charge on any atom is 0.411 e. The number of carbonyl (C=O) groups is 1. The van der Waals surface area contributed by atoms with Gasteiger partial charge in [0, 0.05) is 16.6 Å². The maximum atomic E-state index is 12.6. The van der Waals surface area contributed by atoms with Crippen LogP contribution in [0.4, 0.5) is 16.2 Å². The Kier molecular flexibility index (Phi) is 4.79. The number of rotatable bonds is 4. The van der Waals surface area contributed by atoms with Gasteiger partial charge >= 0.3 is 6.09 Å². The first-order valence-corrected chi connectivity index (χ1v) is 9.97. The summed E-state index contributed by atoms with van der Waals surface area (Å²) in [5, 5.41) is 3.39. The lowest BCUT2D eigenvalue weighted by molar-refractivity contribution is 0.155. The number of nitrogens with zero attached hydrogens (tertiary/aromatic N) is 1. The third kappa shape index (κ3) is 3.65. The molecule has 8 nitrogen and oxygen atoms in total. The Bertz CT molecular complexity index is 1510. The quantitative estimate of drug-likeness (QED) is 0.339. The highest BCUT2D eigenvalue weighted by atomic mass is 16.5. The number of anilines is 2. The molecule has 32 heavy (non-hydrogen) atoms. The number of nitrogens with two attached hydrogens (primary N) is 1. The summed E-state index contributed by atoms with van der Waals surface area (Å²) < 4.78 is 5.31. The van der Waals surface area contributed by atoms with E-state index in [4.69, 9.17) is 10.5 Å². The van der Waals surface area contributed by atoms with Crippen molar-refractivity contribution in [2.24, 2.45) is 0 Å². The minimum atomic E-state index is -0.550. The number of carbonyl (C=O) groups excluding carboxylic acids is 1. The van der Waals surface area contributed by atoms with Gasteiger partial charge in [0.15, 0.2) is 5.69 Å². The van der Waals surface area contributed by atoms with E-state index in [0.29, 0.717) is 28.1 Å². The van der Waals surface area contributed by atoms with Crippen LogP contribution < -0.4 is 16.6 Å². The van der Waals surface area contributed by atoms with E-state index in [2.05, 4.69) is 20.3 Å². The van der Waals surface area contributed by atoms with Crippen LogP contribution in [0, 0.1) is 0 Å². The summed E-state index contributed by atoms with van der Waals surface area (Å²) in [6.07, 6.45) is -0.550.